The molecular weight excluding hydrogens is 470 g/mol. The number of benzene rings is 1. The number of aromatic nitrogens is 2. The second kappa shape index (κ2) is 8.34. The fourth-order valence-electron chi connectivity index (χ4n) is 3.16. The van der Waals surface area contributed by atoms with Crippen LogP contribution >= 0.6 is 20.0 Å². The summed E-state index contributed by atoms with van der Waals surface area (Å²) in [5.74, 6) is -2.94. The first-order valence-electron chi connectivity index (χ1n) is 9.75. The van der Waals surface area contributed by atoms with E-state index in [1.807, 2.05) is 0 Å². The van der Waals surface area contributed by atoms with Gasteiger partial charge in [-0.2, -0.15) is 0 Å². The number of nitrogens with zero attached hydrogens (tertiary/aromatic N) is 1. The van der Waals surface area contributed by atoms with Crippen LogP contribution in [0.4, 0.5) is 4.39 Å². The van der Waals surface area contributed by atoms with E-state index in [-0.39, 0.29) is 22.7 Å². The standard InChI is InChI=1S/C18H20FN2O9PS/c1-9-6-21(17(24)20-15(9)32)16-12(22)14(23)18(19,29-16)8-28-31(25)27-7-10-4-3-5-11(26-2)13(10)30-31/h3-6,12,14,16,22-23H,7-8H2,1-2H3,(H,20,24,32)/t12-,14+,16-,18-,31?/m1/s1/i16D. The largest absolute Gasteiger partial charge is 0.530 e. The third kappa shape index (κ3) is 4.01. The van der Waals surface area contributed by atoms with E-state index >= 15 is 4.39 Å². The minimum Gasteiger partial charge on any atom is -0.493 e. The van der Waals surface area contributed by atoms with Crippen LogP contribution in [-0.2, 0) is 25.0 Å². The zero-order chi connectivity index (χ0) is 24.2. The van der Waals surface area contributed by atoms with E-state index in [1.54, 1.807) is 18.2 Å². The number of nitrogens with one attached hydrogen (secondary N) is 1. The van der Waals surface area contributed by atoms with E-state index in [4.69, 9.17) is 36.6 Å². The molecule has 2 aromatic rings. The zero-order valence-corrected chi connectivity index (χ0v) is 18.5. The van der Waals surface area contributed by atoms with Gasteiger partial charge in [0.15, 0.2) is 17.7 Å². The number of rotatable bonds is 5. The molecule has 3 heterocycles. The van der Waals surface area contributed by atoms with E-state index in [0.29, 0.717) is 15.7 Å². The predicted molar refractivity (Wildman–Crippen MR) is 109 cm³/mol. The highest BCUT2D eigenvalue weighted by Gasteiger charge is 2.57. The number of methoxy groups -OCH3 is 1. The van der Waals surface area contributed by atoms with Gasteiger partial charge in [-0.1, -0.05) is 24.4 Å². The molecule has 3 N–H and O–H groups in total. The third-order valence-electron chi connectivity index (χ3n) is 4.91. The lowest BCUT2D eigenvalue weighted by atomic mass is 10.1. The molecule has 2 aliphatic rings. The van der Waals surface area contributed by atoms with Crippen molar-refractivity contribution in [3.63, 3.8) is 0 Å². The Morgan fingerprint density at radius 1 is 1.50 bits per heavy atom. The van der Waals surface area contributed by atoms with Crippen molar-refractivity contribution in [2.45, 2.75) is 37.8 Å². The summed E-state index contributed by atoms with van der Waals surface area (Å²) in [5.41, 5.74) is -0.143. The molecule has 1 saturated heterocycles. The van der Waals surface area contributed by atoms with Crippen LogP contribution in [0.15, 0.2) is 29.2 Å². The molecule has 1 aromatic heterocycles. The van der Waals surface area contributed by atoms with Crippen molar-refractivity contribution in [3.8, 4) is 11.5 Å². The Labute approximate surface area is 187 Å². The topological polar surface area (TPSA) is 141 Å². The van der Waals surface area contributed by atoms with Crippen LogP contribution in [0.25, 0.3) is 0 Å². The minimum absolute atomic E-state index is 0.0723. The van der Waals surface area contributed by atoms with Crippen LogP contribution in [0, 0.1) is 11.6 Å². The average Bonchev–Trinajstić information content (AvgIpc) is 2.95. The van der Waals surface area contributed by atoms with Gasteiger partial charge in [0.2, 0.25) is 0 Å². The molecule has 0 aliphatic carbocycles. The molecule has 0 bridgehead atoms. The summed E-state index contributed by atoms with van der Waals surface area (Å²) >= 11 is 4.94. The Balaban J connectivity index is 1.58. The van der Waals surface area contributed by atoms with Gasteiger partial charge in [-0.3, -0.25) is 18.6 Å². The molecule has 174 valence electrons. The van der Waals surface area contributed by atoms with Crippen LogP contribution in [-0.4, -0.2) is 51.5 Å². The third-order valence-corrected chi connectivity index (χ3v) is 6.63. The first-order chi connectivity index (χ1) is 15.4. The Hall–Kier alpha value is -2.12. The van der Waals surface area contributed by atoms with Crippen molar-refractivity contribution in [2.75, 3.05) is 13.7 Å². The fraction of sp³-hybridized carbons (Fsp3) is 0.444. The Bertz CT molecular complexity index is 1240. The van der Waals surface area contributed by atoms with Gasteiger partial charge in [0.1, 0.15) is 23.5 Å². The monoisotopic (exact) mass is 491 g/mol. The summed E-state index contributed by atoms with van der Waals surface area (Å²) in [7, 11) is -3.04. The number of aliphatic hydroxyl groups is 2. The molecular formula is C18H20FN2O9PS. The van der Waals surface area contributed by atoms with Gasteiger partial charge in [-0.05, 0) is 13.0 Å². The van der Waals surface area contributed by atoms with Crippen LogP contribution < -0.4 is 15.0 Å². The molecule has 1 fully saturated rings. The summed E-state index contributed by atoms with van der Waals surface area (Å²) in [5, 5.41) is 20.7. The van der Waals surface area contributed by atoms with Gasteiger partial charge in [0.05, 0.1) is 15.1 Å². The van der Waals surface area contributed by atoms with Gasteiger partial charge in [0.25, 0.3) is 5.85 Å². The van der Waals surface area contributed by atoms with E-state index in [9.17, 15) is 19.6 Å². The molecule has 0 saturated carbocycles. The van der Waals surface area contributed by atoms with Gasteiger partial charge in [-0.25, -0.2) is 13.8 Å². The van der Waals surface area contributed by atoms with Crippen LogP contribution in [0.2, 0.25) is 0 Å². The first-order valence-corrected chi connectivity index (χ1v) is 11.1. The maximum Gasteiger partial charge on any atom is 0.530 e. The summed E-state index contributed by atoms with van der Waals surface area (Å²) < 4.78 is 63.0. The highest BCUT2D eigenvalue weighted by molar-refractivity contribution is 7.71. The van der Waals surface area contributed by atoms with Crippen molar-refractivity contribution in [1.29, 1.82) is 0 Å². The molecule has 14 heteroatoms. The molecule has 5 atom stereocenters. The molecule has 0 radical (unpaired) electrons. The maximum atomic E-state index is 15.5. The van der Waals surface area contributed by atoms with Crippen LogP contribution in [0.3, 0.4) is 0 Å². The quantitative estimate of drug-likeness (QED) is 0.419. The van der Waals surface area contributed by atoms with Gasteiger partial charge in [0, 0.05) is 17.3 Å². The minimum atomic E-state index is -4.41. The van der Waals surface area contributed by atoms with Crippen molar-refractivity contribution in [3.05, 3.63) is 50.6 Å². The number of phosphoric acid groups is 1. The molecule has 32 heavy (non-hydrogen) atoms. The number of alkyl halides is 1. The Morgan fingerprint density at radius 2 is 2.25 bits per heavy atom. The number of ether oxygens (including phenoxy) is 2. The van der Waals surface area contributed by atoms with Crippen molar-refractivity contribution in [2.24, 2.45) is 0 Å². The molecule has 0 amide bonds. The average molecular weight is 491 g/mol. The number of hydrogen-bond acceptors (Lipinski definition) is 10. The van der Waals surface area contributed by atoms with E-state index in [0.717, 1.165) is 6.20 Å². The normalized spacial score (nSPS) is 34.5. The number of hydrogen-bond donors (Lipinski definition) is 3. The number of aliphatic hydroxyl groups excluding tert-OH is 2. The number of phosphoric ester groups is 1. The Morgan fingerprint density at radius 3 is 2.97 bits per heavy atom. The fourth-order valence-corrected chi connectivity index (χ4v) is 4.54. The van der Waals surface area contributed by atoms with Crippen molar-refractivity contribution < 1.29 is 43.6 Å². The van der Waals surface area contributed by atoms with Crippen LogP contribution in [0.5, 0.6) is 11.5 Å². The maximum absolute atomic E-state index is 15.5. The van der Waals surface area contributed by atoms with Gasteiger partial charge < -0.3 is 24.2 Å². The van der Waals surface area contributed by atoms with Crippen molar-refractivity contribution in [1.82, 2.24) is 9.55 Å². The second-order valence-electron chi connectivity index (χ2n) is 7.09. The lowest BCUT2D eigenvalue weighted by Gasteiger charge is -2.28. The Kier molecular flexibility index (Phi) is 5.66. The van der Waals surface area contributed by atoms with Crippen LogP contribution in [0.1, 0.15) is 18.7 Å². The molecule has 0 spiro atoms. The number of aryl methyl sites for hydroxylation is 1. The summed E-state index contributed by atoms with van der Waals surface area (Å²) in [4.78, 5) is 14.5. The lowest BCUT2D eigenvalue weighted by molar-refractivity contribution is -0.205. The highest BCUT2D eigenvalue weighted by Crippen LogP contribution is 2.57. The van der Waals surface area contributed by atoms with E-state index in [2.05, 4.69) is 4.98 Å². The molecule has 11 nitrogen and oxygen atoms in total. The number of aromatic amines is 1. The number of H-pyrrole nitrogens is 1. The molecule has 1 aromatic carbocycles. The summed E-state index contributed by atoms with van der Waals surface area (Å²) in [6.45, 7) is 0.0524. The molecule has 2 aliphatic heterocycles. The number of fused-ring (bicyclic) bond motifs is 1. The zero-order valence-electron chi connectivity index (χ0n) is 17.8. The number of halogens is 1. The SMILES string of the molecule is [2H][C@@]1(n2cc(C)c(=S)[nH]c2=O)O[C@](F)(COP2(=O)OCc3cccc(OC)c3O2)[C@@H](O)[C@H]1O. The highest BCUT2D eigenvalue weighted by atomic mass is 32.1. The summed E-state index contributed by atoms with van der Waals surface area (Å²) in [6, 6.07) is 4.84. The van der Waals surface area contributed by atoms with E-state index in [1.165, 1.54) is 14.0 Å². The van der Waals surface area contributed by atoms with Gasteiger partial charge >= 0.3 is 13.5 Å². The summed E-state index contributed by atoms with van der Waals surface area (Å²) in [6.07, 6.45) is -6.31. The smallest absolute Gasteiger partial charge is 0.493 e. The van der Waals surface area contributed by atoms with Crippen molar-refractivity contribution >= 4 is 20.0 Å². The second-order valence-corrected chi connectivity index (χ2v) is 9.09. The van der Waals surface area contributed by atoms with E-state index < -0.39 is 44.4 Å². The van der Waals surface area contributed by atoms with Gasteiger partial charge in [-0.15, -0.1) is 0 Å². The first kappa shape index (κ1) is 21.7. The molecule has 4 rings (SSSR count). The predicted octanol–water partition coefficient (Wildman–Crippen LogP) is 1.87. The molecule has 1 unspecified atom stereocenters. The lowest BCUT2D eigenvalue weighted by Crippen LogP contribution is -2.43. The number of para-hydroxylation sites is 1.